The van der Waals surface area contributed by atoms with Crippen LogP contribution in [0.25, 0.3) is 0 Å². The first-order valence-electron chi connectivity index (χ1n) is 10.2. The number of rotatable bonds is 10. The highest BCUT2D eigenvalue weighted by atomic mass is 127. The Morgan fingerprint density at radius 3 is 2.60 bits per heavy atom. The first kappa shape index (κ1) is 26.6. The average Bonchev–Trinajstić information content (AvgIpc) is 2.74. The molecule has 30 heavy (non-hydrogen) atoms. The number of nitrogens with one attached hydrogen (secondary N) is 3. The Morgan fingerprint density at radius 1 is 1.20 bits per heavy atom. The summed E-state index contributed by atoms with van der Waals surface area (Å²) in [6.45, 7) is 6.55. The number of guanidine groups is 1. The van der Waals surface area contributed by atoms with E-state index in [1.807, 2.05) is 0 Å². The van der Waals surface area contributed by atoms with Crippen LogP contribution in [0.5, 0.6) is 0 Å². The van der Waals surface area contributed by atoms with Gasteiger partial charge in [-0.3, -0.25) is 9.79 Å². The highest BCUT2D eigenvalue weighted by Crippen LogP contribution is 2.14. The summed E-state index contributed by atoms with van der Waals surface area (Å²) in [5, 5.41) is 9.11. The summed E-state index contributed by atoms with van der Waals surface area (Å²) >= 11 is 0. The smallest absolute Gasteiger partial charge is 0.251 e. The number of carbonyl (C=O) groups excluding carboxylic acids is 1. The van der Waals surface area contributed by atoms with Gasteiger partial charge < -0.3 is 25.4 Å². The maximum Gasteiger partial charge on any atom is 0.251 e. The van der Waals surface area contributed by atoms with Crippen molar-refractivity contribution in [1.29, 1.82) is 0 Å². The molecule has 3 N–H and O–H groups in total. The Hall–Kier alpha value is -1.46. The number of halogens is 2. The topological polar surface area (TPSA) is 84.0 Å². The van der Waals surface area contributed by atoms with Crippen LogP contribution in [-0.2, 0) is 9.47 Å². The van der Waals surface area contributed by atoms with E-state index in [4.69, 9.17) is 9.47 Å². The van der Waals surface area contributed by atoms with Gasteiger partial charge in [0.1, 0.15) is 5.82 Å². The molecule has 1 aromatic carbocycles. The molecule has 1 amide bonds. The number of amides is 1. The predicted octanol–water partition coefficient (Wildman–Crippen LogP) is 2.48. The lowest BCUT2D eigenvalue weighted by Crippen LogP contribution is -2.42. The van der Waals surface area contributed by atoms with Crippen LogP contribution in [0.4, 0.5) is 4.39 Å². The minimum Gasteiger partial charge on any atom is -0.381 e. The number of nitrogens with zero attached hydrogens (tertiary/aromatic N) is 1. The SMILES string of the molecule is CN=C(NCCCOCC1CCOCC1)NCCNC(=O)c1ccc(C)c(F)c1.I. The second kappa shape index (κ2) is 15.4. The Kier molecular flexibility index (Phi) is 13.6. The number of aliphatic imine (C=N–C) groups is 1. The maximum absolute atomic E-state index is 13.5. The van der Waals surface area contributed by atoms with E-state index in [0.29, 0.717) is 42.7 Å². The minimum atomic E-state index is -0.378. The summed E-state index contributed by atoms with van der Waals surface area (Å²) in [5.41, 5.74) is 0.837. The first-order chi connectivity index (χ1) is 14.1. The van der Waals surface area contributed by atoms with Gasteiger partial charge in [-0.2, -0.15) is 0 Å². The van der Waals surface area contributed by atoms with E-state index in [1.165, 1.54) is 6.07 Å². The van der Waals surface area contributed by atoms with Crippen molar-refractivity contribution in [1.82, 2.24) is 16.0 Å². The molecule has 1 aliphatic rings. The van der Waals surface area contributed by atoms with Gasteiger partial charge in [-0.1, -0.05) is 6.07 Å². The number of aryl methyl sites for hydroxylation is 1. The lowest BCUT2D eigenvalue weighted by atomic mass is 10.0. The van der Waals surface area contributed by atoms with Gasteiger partial charge in [0.25, 0.3) is 5.91 Å². The van der Waals surface area contributed by atoms with Crippen molar-refractivity contribution < 1.29 is 18.7 Å². The third-order valence-corrected chi connectivity index (χ3v) is 4.81. The maximum atomic E-state index is 13.5. The summed E-state index contributed by atoms with van der Waals surface area (Å²) in [6, 6.07) is 4.47. The van der Waals surface area contributed by atoms with E-state index in [9.17, 15) is 9.18 Å². The van der Waals surface area contributed by atoms with E-state index in [1.54, 1.807) is 26.1 Å². The second-order valence-electron chi connectivity index (χ2n) is 7.13. The van der Waals surface area contributed by atoms with Crippen LogP contribution in [0.1, 0.15) is 35.2 Å². The molecule has 1 saturated heterocycles. The molecule has 0 aliphatic carbocycles. The first-order valence-corrected chi connectivity index (χ1v) is 10.2. The number of carbonyl (C=O) groups is 1. The largest absolute Gasteiger partial charge is 0.381 e. The van der Waals surface area contributed by atoms with Crippen molar-refractivity contribution in [2.75, 3.05) is 53.1 Å². The fraction of sp³-hybridized carbons (Fsp3) is 0.619. The Labute approximate surface area is 195 Å². The van der Waals surface area contributed by atoms with E-state index in [2.05, 4.69) is 20.9 Å². The zero-order valence-electron chi connectivity index (χ0n) is 17.8. The molecule has 0 unspecified atom stereocenters. The highest BCUT2D eigenvalue weighted by Gasteiger charge is 2.13. The summed E-state index contributed by atoms with van der Waals surface area (Å²) in [7, 11) is 1.70. The molecule has 2 rings (SSSR count). The lowest BCUT2D eigenvalue weighted by Gasteiger charge is -2.21. The Balaban J connectivity index is 0.00000450. The molecule has 1 aliphatic heterocycles. The molecule has 0 spiro atoms. The number of ether oxygens (including phenoxy) is 2. The Morgan fingerprint density at radius 2 is 1.90 bits per heavy atom. The molecular formula is C21H34FIN4O3. The van der Waals surface area contributed by atoms with E-state index in [-0.39, 0.29) is 35.7 Å². The van der Waals surface area contributed by atoms with Crippen molar-refractivity contribution in [2.45, 2.75) is 26.2 Å². The van der Waals surface area contributed by atoms with Gasteiger partial charge in [-0.15, -0.1) is 24.0 Å². The summed E-state index contributed by atoms with van der Waals surface area (Å²) < 4.78 is 24.6. The fourth-order valence-corrected chi connectivity index (χ4v) is 2.96. The van der Waals surface area contributed by atoms with Crippen LogP contribution in [0.15, 0.2) is 23.2 Å². The third-order valence-electron chi connectivity index (χ3n) is 4.81. The van der Waals surface area contributed by atoms with Gasteiger partial charge >= 0.3 is 0 Å². The average molecular weight is 536 g/mol. The fourth-order valence-electron chi connectivity index (χ4n) is 2.96. The molecule has 0 aromatic heterocycles. The quantitative estimate of drug-likeness (QED) is 0.185. The van der Waals surface area contributed by atoms with Gasteiger partial charge in [-0.25, -0.2) is 4.39 Å². The van der Waals surface area contributed by atoms with E-state index in [0.717, 1.165) is 45.6 Å². The van der Waals surface area contributed by atoms with Gasteiger partial charge in [0.05, 0.1) is 0 Å². The molecule has 0 radical (unpaired) electrons. The van der Waals surface area contributed by atoms with Crippen molar-refractivity contribution in [3.8, 4) is 0 Å². The second-order valence-corrected chi connectivity index (χ2v) is 7.13. The van der Waals surface area contributed by atoms with Gasteiger partial charge in [0.2, 0.25) is 0 Å². The molecule has 1 heterocycles. The molecule has 0 bridgehead atoms. The zero-order valence-corrected chi connectivity index (χ0v) is 20.2. The molecule has 0 atom stereocenters. The van der Waals surface area contributed by atoms with Crippen LogP contribution in [0, 0.1) is 18.7 Å². The number of hydrogen-bond acceptors (Lipinski definition) is 4. The summed E-state index contributed by atoms with van der Waals surface area (Å²) in [5.74, 6) is 0.621. The van der Waals surface area contributed by atoms with Crippen molar-refractivity contribution >= 4 is 35.8 Å². The summed E-state index contributed by atoms with van der Waals surface area (Å²) in [6.07, 6.45) is 3.06. The van der Waals surface area contributed by atoms with Crippen molar-refractivity contribution in [2.24, 2.45) is 10.9 Å². The van der Waals surface area contributed by atoms with Crippen LogP contribution >= 0.6 is 24.0 Å². The number of hydrogen-bond donors (Lipinski definition) is 3. The predicted molar refractivity (Wildman–Crippen MR) is 127 cm³/mol. The molecule has 1 fully saturated rings. The highest BCUT2D eigenvalue weighted by molar-refractivity contribution is 14.0. The van der Waals surface area contributed by atoms with Crippen LogP contribution in [-0.4, -0.2) is 65.0 Å². The monoisotopic (exact) mass is 536 g/mol. The van der Waals surface area contributed by atoms with Crippen LogP contribution in [0.3, 0.4) is 0 Å². The third kappa shape index (κ3) is 10.0. The van der Waals surface area contributed by atoms with E-state index >= 15 is 0 Å². The minimum absolute atomic E-state index is 0. The number of benzene rings is 1. The Bertz CT molecular complexity index is 670. The van der Waals surface area contributed by atoms with Crippen molar-refractivity contribution in [3.63, 3.8) is 0 Å². The van der Waals surface area contributed by atoms with Crippen molar-refractivity contribution in [3.05, 3.63) is 35.1 Å². The summed E-state index contributed by atoms with van der Waals surface area (Å²) in [4.78, 5) is 16.2. The molecule has 0 saturated carbocycles. The van der Waals surface area contributed by atoms with Gasteiger partial charge in [0.15, 0.2) is 5.96 Å². The van der Waals surface area contributed by atoms with Crippen LogP contribution < -0.4 is 16.0 Å². The standard InChI is InChI=1S/C21H33FN4O3.HI/c1-16-4-5-18(14-19(16)22)20(27)24-9-10-26-21(23-2)25-8-3-11-29-15-17-6-12-28-13-7-17;/h4-5,14,17H,3,6-13,15H2,1-2H3,(H,24,27)(H2,23,25,26);1H. The zero-order chi connectivity index (χ0) is 20.9. The lowest BCUT2D eigenvalue weighted by molar-refractivity contribution is 0.0203. The van der Waals surface area contributed by atoms with Gasteiger partial charge in [0, 0.05) is 58.7 Å². The molecular weight excluding hydrogens is 502 g/mol. The van der Waals surface area contributed by atoms with Crippen LogP contribution in [0.2, 0.25) is 0 Å². The molecule has 7 nitrogen and oxygen atoms in total. The molecule has 170 valence electrons. The molecule has 9 heteroatoms. The normalized spacial score (nSPS) is 14.7. The molecule has 1 aromatic rings. The van der Waals surface area contributed by atoms with E-state index < -0.39 is 0 Å². The van der Waals surface area contributed by atoms with Gasteiger partial charge in [-0.05, 0) is 49.8 Å².